The number of hydrogen-bond acceptors (Lipinski definition) is 7. The lowest BCUT2D eigenvalue weighted by Gasteiger charge is -2.12. The third-order valence-electron chi connectivity index (χ3n) is 1.25. The Morgan fingerprint density at radius 1 is 1.07 bits per heavy atom. The first-order valence-corrected chi connectivity index (χ1v) is 5.16. The van der Waals surface area contributed by atoms with E-state index in [1.165, 1.54) is 0 Å². The summed E-state index contributed by atoms with van der Waals surface area (Å²) in [7, 11) is -4.41. The topological polar surface area (TPSA) is 156 Å². The highest BCUT2D eigenvalue weighted by Gasteiger charge is 2.40. The van der Waals surface area contributed by atoms with Crippen LogP contribution in [0.4, 0.5) is 0 Å². The van der Waals surface area contributed by atoms with Crippen LogP contribution >= 0.6 is 7.94 Å². The van der Waals surface area contributed by atoms with Crippen LogP contribution in [0.15, 0.2) is 0 Å². The Balaban J connectivity index is 4.33. The first-order valence-electron chi connectivity index (χ1n) is 3.33. The number of Topliss-reactive ketones (excluding diaryl/α,β-unsaturated/α-hetero) is 1. The quantitative estimate of drug-likeness (QED) is 0.274. The largest absolute Gasteiger partial charge is 0.479 e. The van der Waals surface area contributed by atoms with Gasteiger partial charge in [-0.25, -0.2) is 4.79 Å². The molecule has 0 bridgehead atoms. The maximum atomic E-state index is 10.8. The fourth-order valence-electron chi connectivity index (χ4n) is 0.614. The molecule has 0 amide bonds. The van der Waals surface area contributed by atoms with Crippen LogP contribution in [-0.4, -0.2) is 60.1 Å². The van der Waals surface area contributed by atoms with Crippen LogP contribution in [0, 0.1) is 0 Å². The molecule has 14 heavy (non-hydrogen) atoms. The molecular formula is C5H10O8P+. The van der Waals surface area contributed by atoms with Gasteiger partial charge in [0, 0.05) is 0 Å². The van der Waals surface area contributed by atoms with Crippen LogP contribution in [0.3, 0.4) is 0 Å². The Labute approximate surface area is 78.6 Å². The van der Waals surface area contributed by atoms with Gasteiger partial charge in [-0.05, 0) is 0 Å². The molecular weight excluding hydrogens is 219 g/mol. The molecule has 0 aromatic rings. The molecule has 0 unspecified atom stereocenters. The van der Waals surface area contributed by atoms with Gasteiger partial charge in [0.2, 0.25) is 11.9 Å². The van der Waals surface area contributed by atoms with Gasteiger partial charge in [-0.15, -0.1) is 0 Å². The highest BCUT2D eigenvalue weighted by atomic mass is 31.2. The zero-order valence-corrected chi connectivity index (χ0v) is 7.70. The molecule has 0 fully saturated rings. The Bertz CT molecular complexity index is 232. The average molecular weight is 229 g/mol. The summed E-state index contributed by atoms with van der Waals surface area (Å²) in [6, 6.07) is 0. The van der Waals surface area contributed by atoms with Crippen molar-refractivity contribution in [2.24, 2.45) is 0 Å². The molecule has 2 atom stereocenters. The number of aliphatic hydroxyl groups excluding tert-OH is 2. The molecule has 0 aromatic heterocycles. The van der Waals surface area contributed by atoms with Crippen molar-refractivity contribution < 1.29 is 39.6 Å². The normalized spacial score (nSPS) is 16.1. The molecule has 0 radical (unpaired) electrons. The molecule has 0 aliphatic carbocycles. The van der Waals surface area contributed by atoms with E-state index in [0.717, 1.165) is 0 Å². The van der Waals surface area contributed by atoms with Gasteiger partial charge < -0.3 is 15.3 Å². The van der Waals surface area contributed by atoms with E-state index >= 15 is 0 Å². The smallest absolute Gasteiger partial charge is 0.411 e. The Morgan fingerprint density at radius 3 is 1.79 bits per heavy atom. The average Bonchev–Trinajstić information content (AvgIpc) is 1.98. The van der Waals surface area contributed by atoms with Gasteiger partial charge in [0.15, 0.2) is 12.2 Å². The van der Waals surface area contributed by atoms with Crippen molar-refractivity contribution in [3.63, 3.8) is 0 Å². The van der Waals surface area contributed by atoms with E-state index in [4.69, 9.17) is 30.0 Å². The minimum atomic E-state index is -4.41. The van der Waals surface area contributed by atoms with E-state index in [-0.39, 0.29) is 0 Å². The van der Waals surface area contributed by atoms with E-state index in [9.17, 15) is 9.59 Å². The predicted octanol–water partition coefficient (Wildman–Crippen LogP) is -2.90. The Kier molecular flexibility index (Phi) is 4.53. The summed E-state index contributed by atoms with van der Waals surface area (Å²) in [4.78, 5) is 46.1. The van der Waals surface area contributed by atoms with Gasteiger partial charge in [-0.3, -0.25) is 4.79 Å². The molecule has 0 heterocycles. The third-order valence-corrected chi connectivity index (χ3v) is 1.99. The number of aliphatic carboxylic acids is 1. The Hall–Kier alpha value is -0.630. The van der Waals surface area contributed by atoms with Crippen molar-refractivity contribution in [3.8, 4) is 0 Å². The molecule has 0 spiro atoms. The van der Waals surface area contributed by atoms with Crippen molar-refractivity contribution in [3.05, 3.63) is 0 Å². The first-order chi connectivity index (χ1) is 6.15. The second kappa shape index (κ2) is 4.74. The third kappa shape index (κ3) is 4.56. The summed E-state index contributed by atoms with van der Waals surface area (Å²) < 4.78 is 0. The first kappa shape index (κ1) is 13.4. The van der Waals surface area contributed by atoms with Gasteiger partial charge in [-0.2, -0.15) is 14.7 Å². The maximum Gasteiger partial charge on any atom is 0.411 e. The standard InChI is InChI=1S/C5H9O8P/c6-2(1-14(11,12)13)3(7)4(8)5(9)10/h3-4,7-8,11-13H,1H2/p+1/t3-,4+/m1/s1. The number of aliphatic hydroxyl groups is 2. The lowest BCUT2D eigenvalue weighted by atomic mass is 10.1. The molecule has 0 rings (SSSR count). The van der Waals surface area contributed by atoms with Gasteiger partial charge >= 0.3 is 13.9 Å². The van der Waals surface area contributed by atoms with Crippen molar-refractivity contribution in [1.82, 2.24) is 0 Å². The second-order valence-corrected chi connectivity index (χ2v) is 4.25. The van der Waals surface area contributed by atoms with E-state index < -0.39 is 38.1 Å². The minimum absolute atomic E-state index is 1.20. The fraction of sp³-hybridized carbons (Fsp3) is 0.600. The van der Waals surface area contributed by atoms with Crippen molar-refractivity contribution in [1.29, 1.82) is 0 Å². The van der Waals surface area contributed by atoms with Crippen LogP contribution in [0.5, 0.6) is 0 Å². The molecule has 0 saturated heterocycles. The van der Waals surface area contributed by atoms with Crippen LogP contribution in [-0.2, 0) is 9.59 Å². The molecule has 6 N–H and O–H groups in total. The predicted molar refractivity (Wildman–Crippen MR) is 43.1 cm³/mol. The van der Waals surface area contributed by atoms with Crippen LogP contribution < -0.4 is 0 Å². The van der Waals surface area contributed by atoms with Gasteiger partial charge in [0.05, 0.1) is 0 Å². The summed E-state index contributed by atoms with van der Waals surface area (Å²) in [5.74, 6) is -3.19. The van der Waals surface area contributed by atoms with E-state index in [0.29, 0.717) is 0 Å². The number of carboxylic acids is 1. The number of hydrogen-bond donors (Lipinski definition) is 6. The van der Waals surface area contributed by atoms with E-state index in [1.807, 2.05) is 0 Å². The highest BCUT2D eigenvalue weighted by molar-refractivity contribution is 7.59. The lowest BCUT2D eigenvalue weighted by Crippen LogP contribution is -2.41. The van der Waals surface area contributed by atoms with E-state index in [2.05, 4.69) is 0 Å². The molecule has 9 heteroatoms. The van der Waals surface area contributed by atoms with Crippen molar-refractivity contribution in [2.75, 3.05) is 6.16 Å². The summed E-state index contributed by atoms with van der Waals surface area (Å²) in [6.07, 6.45) is -5.84. The molecule has 82 valence electrons. The molecule has 0 aromatic carbocycles. The number of carbonyl (C=O) groups is 2. The Morgan fingerprint density at radius 2 is 1.50 bits per heavy atom. The molecule has 0 saturated carbocycles. The van der Waals surface area contributed by atoms with Crippen molar-refractivity contribution in [2.45, 2.75) is 12.2 Å². The summed E-state index contributed by atoms with van der Waals surface area (Å²) in [5.41, 5.74) is 0. The minimum Gasteiger partial charge on any atom is -0.479 e. The number of carbonyl (C=O) groups excluding carboxylic acids is 1. The summed E-state index contributed by atoms with van der Waals surface area (Å²) >= 11 is 0. The van der Waals surface area contributed by atoms with Crippen LogP contribution in [0.2, 0.25) is 0 Å². The summed E-state index contributed by atoms with van der Waals surface area (Å²) in [5, 5.41) is 25.6. The van der Waals surface area contributed by atoms with Crippen LogP contribution in [0.1, 0.15) is 0 Å². The van der Waals surface area contributed by atoms with Gasteiger partial charge in [-0.1, -0.05) is 0 Å². The van der Waals surface area contributed by atoms with Gasteiger partial charge in [0.1, 0.15) is 0 Å². The SMILES string of the molecule is O=C(O)[C@@H](O)[C@H](O)C(=O)C[P+](O)(O)O. The van der Waals surface area contributed by atoms with E-state index in [1.54, 1.807) is 0 Å². The fourth-order valence-corrected chi connectivity index (χ4v) is 1.22. The lowest BCUT2D eigenvalue weighted by molar-refractivity contribution is -0.156. The number of ketones is 1. The summed E-state index contributed by atoms with van der Waals surface area (Å²) in [6.45, 7) is 0. The maximum absolute atomic E-state index is 10.8. The molecule has 0 aliphatic heterocycles. The van der Waals surface area contributed by atoms with Gasteiger partial charge in [0.25, 0.3) is 0 Å². The zero-order chi connectivity index (χ0) is 11.5. The number of rotatable bonds is 5. The molecule has 8 nitrogen and oxygen atoms in total. The zero-order valence-electron chi connectivity index (χ0n) is 6.81. The second-order valence-electron chi connectivity index (χ2n) is 2.54. The number of carboxylic acid groups (broad SMARTS) is 1. The van der Waals surface area contributed by atoms with Crippen LogP contribution in [0.25, 0.3) is 0 Å². The molecule has 0 aliphatic rings. The van der Waals surface area contributed by atoms with Crippen molar-refractivity contribution >= 4 is 19.7 Å². The monoisotopic (exact) mass is 229 g/mol. The highest BCUT2D eigenvalue weighted by Crippen LogP contribution is 2.44.